The van der Waals surface area contributed by atoms with Crippen LogP contribution < -0.4 is 5.32 Å². The molecule has 1 heterocycles. The van der Waals surface area contributed by atoms with Gasteiger partial charge in [-0.05, 0) is 12.8 Å². The number of urea groups is 1. The topological polar surface area (TPSA) is 95.9 Å². The van der Waals surface area contributed by atoms with Crippen LogP contribution in [0.2, 0.25) is 0 Å². The predicted octanol–water partition coefficient (Wildman–Crippen LogP) is 0.588. The first-order valence-corrected chi connectivity index (χ1v) is 6.39. The van der Waals surface area contributed by atoms with Crippen molar-refractivity contribution in [3.8, 4) is 0 Å². The molecule has 0 spiro atoms. The van der Waals surface area contributed by atoms with Crippen LogP contribution in [0.4, 0.5) is 4.79 Å². The van der Waals surface area contributed by atoms with Gasteiger partial charge in [0.2, 0.25) is 0 Å². The van der Waals surface area contributed by atoms with E-state index in [0.29, 0.717) is 13.1 Å². The highest BCUT2D eigenvalue weighted by Crippen LogP contribution is 2.10. The molecule has 1 aliphatic rings. The van der Waals surface area contributed by atoms with Gasteiger partial charge in [0.25, 0.3) is 0 Å². The molecule has 1 atom stereocenters. The zero-order valence-electron chi connectivity index (χ0n) is 11.1. The molecular formula is C12H20N2O5. The third kappa shape index (κ3) is 5.15. The van der Waals surface area contributed by atoms with Crippen LogP contribution in [0.25, 0.3) is 0 Å². The number of carbonyl (C=O) groups is 3. The second-order valence-electron chi connectivity index (χ2n) is 4.52. The number of nitrogens with one attached hydrogen (secondary N) is 1. The number of hydrogen-bond acceptors (Lipinski definition) is 4. The second-order valence-corrected chi connectivity index (χ2v) is 4.52. The van der Waals surface area contributed by atoms with Gasteiger partial charge in [0.05, 0.1) is 13.5 Å². The van der Waals surface area contributed by atoms with Crippen molar-refractivity contribution in [2.45, 2.75) is 38.1 Å². The standard InChI is InChI=1S/C12H20N2O5/c1-19-10(15)8-9(11(16)17)13-12(18)14-6-4-2-3-5-7-14/h9H,2-8H2,1H3,(H,13,18)(H,16,17)/t9-/m0/s1. The minimum absolute atomic E-state index is 0.370. The Morgan fingerprint density at radius 3 is 2.26 bits per heavy atom. The average molecular weight is 272 g/mol. The smallest absolute Gasteiger partial charge is 0.326 e. The highest BCUT2D eigenvalue weighted by Gasteiger charge is 2.26. The van der Waals surface area contributed by atoms with Crippen molar-refractivity contribution in [1.29, 1.82) is 0 Å². The fourth-order valence-corrected chi connectivity index (χ4v) is 1.96. The summed E-state index contributed by atoms with van der Waals surface area (Å²) in [5, 5.41) is 11.3. The molecule has 7 nitrogen and oxygen atoms in total. The van der Waals surface area contributed by atoms with Crippen LogP contribution in [0.3, 0.4) is 0 Å². The number of amides is 2. The van der Waals surface area contributed by atoms with Gasteiger partial charge in [-0.2, -0.15) is 0 Å². The number of carboxylic acids is 1. The number of carboxylic acid groups (broad SMARTS) is 1. The zero-order valence-corrected chi connectivity index (χ0v) is 11.1. The van der Waals surface area contributed by atoms with E-state index in [1.54, 1.807) is 4.90 Å². The normalized spacial score (nSPS) is 17.2. The maximum absolute atomic E-state index is 11.9. The van der Waals surface area contributed by atoms with Gasteiger partial charge in [0, 0.05) is 13.1 Å². The molecule has 0 aliphatic carbocycles. The highest BCUT2D eigenvalue weighted by atomic mass is 16.5. The minimum Gasteiger partial charge on any atom is -0.480 e. The van der Waals surface area contributed by atoms with Gasteiger partial charge in [0.15, 0.2) is 0 Å². The first-order chi connectivity index (χ1) is 9.04. The largest absolute Gasteiger partial charge is 0.480 e. The summed E-state index contributed by atoms with van der Waals surface area (Å²) < 4.78 is 4.41. The molecule has 1 rings (SSSR count). The molecule has 2 amide bonds. The Balaban J connectivity index is 2.54. The average Bonchev–Trinajstić information content (AvgIpc) is 2.66. The number of ether oxygens (including phenoxy) is 1. The van der Waals surface area contributed by atoms with Crippen LogP contribution in [0, 0.1) is 0 Å². The summed E-state index contributed by atoms with van der Waals surface area (Å²) in [6, 6.07) is -1.68. The van der Waals surface area contributed by atoms with Crippen LogP contribution >= 0.6 is 0 Å². The number of methoxy groups -OCH3 is 1. The molecule has 19 heavy (non-hydrogen) atoms. The summed E-state index contributed by atoms with van der Waals surface area (Å²) in [4.78, 5) is 35.6. The van der Waals surface area contributed by atoms with E-state index >= 15 is 0 Å². The SMILES string of the molecule is COC(=O)C[C@H](NC(=O)N1CCCCCC1)C(=O)O. The number of likely N-dealkylation sites (tertiary alicyclic amines) is 1. The van der Waals surface area contributed by atoms with Crippen LogP contribution in [0.15, 0.2) is 0 Å². The molecule has 0 radical (unpaired) electrons. The summed E-state index contributed by atoms with van der Waals surface area (Å²) in [5.41, 5.74) is 0. The Labute approximate surface area is 111 Å². The Bertz CT molecular complexity index is 337. The summed E-state index contributed by atoms with van der Waals surface area (Å²) in [7, 11) is 1.18. The minimum atomic E-state index is -1.25. The van der Waals surface area contributed by atoms with Crippen LogP contribution in [0.5, 0.6) is 0 Å². The van der Waals surface area contributed by atoms with Gasteiger partial charge in [0.1, 0.15) is 6.04 Å². The van der Waals surface area contributed by atoms with Crippen LogP contribution in [-0.4, -0.2) is 54.2 Å². The number of hydrogen-bond donors (Lipinski definition) is 2. The number of esters is 1. The molecule has 1 aliphatic heterocycles. The maximum Gasteiger partial charge on any atom is 0.326 e. The van der Waals surface area contributed by atoms with Crippen molar-refractivity contribution in [3.63, 3.8) is 0 Å². The van der Waals surface area contributed by atoms with Crippen LogP contribution in [0.1, 0.15) is 32.1 Å². The van der Waals surface area contributed by atoms with E-state index in [9.17, 15) is 14.4 Å². The van der Waals surface area contributed by atoms with E-state index in [1.165, 1.54) is 7.11 Å². The lowest BCUT2D eigenvalue weighted by Gasteiger charge is -2.23. The van der Waals surface area contributed by atoms with Gasteiger partial charge in [-0.15, -0.1) is 0 Å². The van der Waals surface area contributed by atoms with E-state index in [1.807, 2.05) is 0 Å². The summed E-state index contributed by atoms with van der Waals surface area (Å²) >= 11 is 0. The first-order valence-electron chi connectivity index (χ1n) is 6.39. The number of aliphatic carboxylic acids is 1. The molecule has 1 saturated heterocycles. The number of carbonyl (C=O) groups excluding carboxylic acids is 2. The van der Waals surface area contributed by atoms with Gasteiger partial charge in [-0.3, -0.25) is 4.79 Å². The quantitative estimate of drug-likeness (QED) is 0.730. The lowest BCUT2D eigenvalue weighted by molar-refractivity contribution is -0.147. The molecule has 7 heteroatoms. The molecule has 0 aromatic carbocycles. The second kappa shape index (κ2) is 7.60. The molecule has 0 saturated carbocycles. The molecule has 2 N–H and O–H groups in total. The fraction of sp³-hybridized carbons (Fsp3) is 0.750. The molecule has 0 unspecified atom stereocenters. The van der Waals surface area contributed by atoms with E-state index in [2.05, 4.69) is 10.1 Å². The van der Waals surface area contributed by atoms with Crippen molar-refractivity contribution < 1.29 is 24.2 Å². The monoisotopic (exact) mass is 272 g/mol. The van der Waals surface area contributed by atoms with E-state index < -0.39 is 24.0 Å². The zero-order chi connectivity index (χ0) is 14.3. The Hall–Kier alpha value is -1.79. The maximum atomic E-state index is 11.9. The highest BCUT2D eigenvalue weighted by molar-refractivity contribution is 5.86. The first kappa shape index (κ1) is 15.3. The summed E-state index contributed by atoms with van der Waals surface area (Å²) in [6.45, 7) is 1.24. The van der Waals surface area contributed by atoms with E-state index in [0.717, 1.165) is 25.7 Å². The Kier molecular flexibility index (Phi) is 6.11. The van der Waals surface area contributed by atoms with Crippen molar-refractivity contribution in [2.24, 2.45) is 0 Å². The van der Waals surface area contributed by atoms with Crippen molar-refractivity contribution in [3.05, 3.63) is 0 Å². The molecule has 1 fully saturated rings. The van der Waals surface area contributed by atoms with Gasteiger partial charge in [-0.1, -0.05) is 12.8 Å². The van der Waals surface area contributed by atoms with E-state index in [-0.39, 0.29) is 6.42 Å². The Morgan fingerprint density at radius 1 is 1.21 bits per heavy atom. The number of rotatable bonds is 4. The van der Waals surface area contributed by atoms with Crippen LogP contribution in [-0.2, 0) is 14.3 Å². The number of nitrogens with zero attached hydrogens (tertiary/aromatic N) is 1. The lowest BCUT2D eigenvalue weighted by Crippen LogP contribution is -2.49. The molecular weight excluding hydrogens is 252 g/mol. The Morgan fingerprint density at radius 2 is 1.79 bits per heavy atom. The van der Waals surface area contributed by atoms with Gasteiger partial charge >= 0.3 is 18.0 Å². The van der Waals surface area contributed by atoms with Gasteiger partial charge in [-0.25, -0.2) is 9.59 Å². The molecule has 0 bridgehead atoms. The third-order valence-electron chi connectivity index (χ3n) is 3.09. The van der Waals surface area contributed by atoms with E-state index in [4.69, 9.17) is 5.11 Å². The van der Waals surface area contributed by atoms with Crippen molar-refractivity contribution in [2.75, 3.05) is 20.2 Å². The third-order valence-corrected chi connectivity index (χ3v) is 3.09. The summed E-state index contributed by atoms with van der Waals surface area (Å²) in [5.74, 6) is -1.91. The molecule has 108 valence electrons. The molecule has 0 aromatic heterocycles. The van der Waals surface area contributed by atoms with Crippen molar-refractivity contribution in [1.82, 2.24) is 10.2 Å². The predicted molar refractivity (Wildman–Crippen MR) is 66.6 cm³/mol. The molecule has 0 aromatic rings. The van der Waals surface area contributed by atoms with Gasteiger partial charge < -0.3 is 20.1 Å². The van der Waals surface area contributed by atoms with Crippen molar-refractivity contribution >= 4 is 18.0 Å². The lowest BCUT2D eigenvalue weighted by atomic mass is 10.2. The fourth-order valence-electron chi connectivity index (χ4n) is 1.96. The summed E-state index contributed by atoms with van der Waals surface area (Å²) in [6.07, 6.45) is 3.62.